The van der Waals surface area contributed by atoms with Crippen LogP contribution in [-0.2, 0) is 17.6 Å². The number of nitro benzene ring substituents is 1. The summed E-state index contributed by atoms with van der Waals surface area (Å²) in [5.74, 6) is 0.0409. The fourth-order valence-corrected chi connectivity index (χ4v) is 4.41. The zero-order valence-electron chi connectivity index (χ0n) is 16.8. The number of rotatable bonds is 5. The number of likely N-dealkylation sites (tertiary alicyclic amines) is 1. The Balaban J connectivity index is 0.00000160. The minimum Gasteiger partial charge on any atom is -0.412 e. The summed E-state index contributed by atoms with van der Waals surface area (Å²) >= 11 is 0. The summed E-state index contributed by atoms with van der Waals surface area (Å²) in [5, 5.41) is 11.0. The van der Waals surface area contributed by atoms with Gasteiger partial charge in [-0.25, -0.2) is 0 Å². The molecule has 0 saturated carbocycles. The van der Waals surface area contributed by atoms with E-state index in [1.807, 2.05) is 11.0 Å². The van der Waals surface area contributed by atoms with Crippen molar-refractivity contribution < 1.29 is 15.2 Å². The lowest BCUT2D eigenvalue weighted by molar-refractivity contribution is -0.384. The van der Waals surface area contributed by atoms with Crippen molar-refractivity contribution in [1.82, 2.24) is 9.80 Å². The molecule has 0 radical (unpaired) electrons. The molecule has 2 aliphatic heterocycles. The lowest BCUT2D eigenvalue weighted by atomic mass is 9.91. The normalized spacial score (nSPS) is 18.1. The number of nitrogens with zero attached hydrogens (tertiary/aromatic N) is 3. The van der Waals surface area contributed by atoms with Crippen LogP contribution in [-0.4, -0.2) is 52.3 Å². The highest BCUT2D eigenvalue weighted by molar-refractivity contribution is 5.85. The molecule has 1 saturated heterocycles. The minimum atomic E-state index is -0.415. The van der Waals surface area contributed by atoms with Crippen LogP contribution in [0.2, 0.25) is 0 Å². The summed E-state index contributed by atoms with van der Waals surface area (Å²) in [5.41, 5.74) is 3.29. The maximum Gasteiger partial charge on any atom is 0.269 e. The maximum atomic E-state index is 13.2. The monoisotopic (exact) mass is 433 g/mol. The van der Waals surface area contributed by atoms with Crippen LogP contribution in [0.25, 0.3) is 0 Å². The van der Waals surface area contributed by atoms with E-state index in [1.54, 1.807) is 12.1 Å². The van der Waals surface area contributed by atoms with Gasteiger partial charge in [-0.1, -0.05) is 36.4 Å². The first-order valence-corrected chi connectivity index (χ1v) is 9.95. The predicted octanol–water partition coefficient (Wildman–Crippen LogP) is 2.96. The van der Waals surface area contributed by atoms with Gasteiger partial charge in [0, 0.05) is 25.2 Å². The van der Waals surface area contributed by atoms with Gasteiger partial charge in [0.1, 0.15) is 0 Å². The molecule has 0 spiro atoms. The van der Waals surface area contributed by atoms with Crippen molar-refractivity contribution in [3.05, 3.63) is 75.3 Å². The number of hydrogen-bond donors (Lipinski definition) is 0. The number of non-ortho nitro benzene ring substituents is 1. The summed E-state index contributed by atoms with van der Waals surface area (Å²) in [4.78, 5) is 28.2. The highest BCUT2D eigenvalue weighted by atomic mass is 35.5. The van der Waals surface area contributed by atoms with E-state index in [0.717, 1.165) is 26.1 Å². The summed E-state index contributed by atoms with van der Waals surface area (Å²) in [6.07, 6.45) is 3.49. The van der Waals surface area contributed by atoms with E-state index in [4.69, 9.17) is 0 Å². The van der Waals surface area contributed by atoms with E-state index < -0.39 is 4.92 Å². The molecule has 4 rings (SSSR count). The topological polar surface area (TPSA) is 98.2 Å². The Morgan fingerprint density at radius 1 is 1.07 bits per heavy atom. The predicted molar refractivity (Wildman–Crippen MR) is 118 cm³/mol. The first-order valence-electron chi connectivity index (χ1n) is 9.95. The van der Waals surface area contributed by atoms with E-state index in [2.05, 4.69) is 23.1 Å². The molecule has 7 nitrogen and oxygen atoms in total. The van der Waals surface area contributed by atoms with Gasteiger partial charge in [0.05, 0.1) is 17.4 Å². The van der Waals surface area contributed by atoms with Crippen molar-refractivity contribution in [3.63, 3.8) is 0 Å². The number of halogens is 1. The second kappa shape index (κ2) is 10.5. The Hall–Kier alpha value is -2.48. The Bertz CT molecular complexity index is 886. The summed E-state index contributed by atoms with van der Waals surface area (Å²) < 4.78 is 0. The van der Waals surface area contributed by atoms with Crippen molar-refractivity contribution in [2.45, 2.75) is 31.7 Å². The lowest BCUT2D eigenvalue weighted by Crippen LogP contribution is -2.45. The van der Waals surface area contributed by atoms with Crippen molar-refractivity contribution in [2.75, 3.05) is 26.2 Å². The number of carbonyl (C=O) groups excluding carboxylic acids is 1. The third-order valence-corrected chi connectivity index (χ3v) is 5.84. The molecule has 30 heavy (non-hydrogen) atoms. The SMILES string of the molecule is Cl.O.O=C(Cc1cccc([N+](=O)[O-])c1)N1CCc2ccccc2C1CN1CCCC1. The molecule has 1 atom stereocenters. The van der Waals surface area contributed by atoms with Gasteiger partial charge < -0.3 is 15.3 Å². The van der Waals surface area contributed by atoms with Crippen molar-refractivity contribution in [1.29, 1.82) is 0 Å². The molecular formula is C22H28ClN3O4. The maximum absolute atomic E-state index is 13.2. The number of fused-ring (bicyclic) bond motifs is 1. The van der Waals surface area contributed by atoms with Crippen molar-refractivity contribution in [3.8, 4) is 0 Å². The van der Waals surface area contributed by atoms with Crippen LogP contribution in [0, 0.1) is 10.1 Å². The van der Waals surface area contributed by atoms with E-state index in [0.29, 0.717) is 12.1 Å². The number of benzene rings is 2. The van der Waals surface area contributed by atoms with Crippen molar-refractivity contribution >= 4 is 24.0 Å². The molecule has 2 N–H and O–H groups in total. The van der Waals surface area contributed by atoms with Crippen LogP contribution in [0.5, 0.6) is 0 Å². The Morgan fingerprint density at radius 2 is 1.80 bits per heavy atom. The lowest BCUT2D eigenvalue weighted by Gasteiger charge is -2.39. The molecule has 0 bridgehead atoms. The first kappa shape index (κ1) is 23.8. The summed E-state index contributed by atoms with van der Waals surface area (Å²) in [7, 11) is 0. The van der Waals surface area contributed by atoms with E-state index in [1.165, 1.54) is 36.1 Å². The molecule has 2 aromatic rings. The highest BCUT2D eigenvalue weighted by Gasteiger charge is 2.32. The zero-order valence-corrected chi connectivity index (χ0v) is 17.6. The molecular weight excluding hydrogens is 406 g/mol. The van der Waals surface area contributed by atoms with Gasteiger partial charge in [0.25, 0.3) is 5.69 Å². The van der Waals surface area contributed by atoms with Crippen LogP contribution >= 0.6 is 12.4 Å². The molecule has 8 heteroatoms. The molecule has 2 aliphatic rings. The average molecular weight is 434 g/mol. The van der Waals surface area contributed by atoms with Crippen LogP contribution in [0.1, 0.15) is 35.6 Å². The average Bonchev–Trinajstić information content (AvgIpc) is 3.21. The Labute approximate surface area is 182 Å². The zero-order chi connectivity index (χ0) is 19.5. The van der Waals surface area contributed by atoms with Gasteiger partial charge in [0.15, 0.2) is 0 Å². The smallest absolute Gasteiger partial charge is 0.269 e. The number of carbonyl (C=O) groups is 1. The third-order valence-electron chi connectivity index (χ3n) is 5.84. The second-order valence-electron chi connectivity index (χ2n) is 7.66. The molecule has 1 amide bonds. The van der Waals surface area contributed by atoms with E-state index >= 15 is 0 Å². The third kappa shape index (κ3) is 5.16. The molecule has 162 valence electrons. The quantitative estimate of drug-likeness (QED) is 0.534. The van der Waals surface area contributed by atoms with E-state index in [-0.39, 0.29) is 41.9 Å². The fourth-order valence-electron chi connectivity index (χ4n) is 4.41. The van der Waals surface area contributed by atoms with Crippen LogP contribution < -0.4 is 0 Å². The van der Waals surface area contributed by atoms with Crippen molar-refractivity contribution in [2.24, 2.45) is 0 Å². The highest BCUT2D eigenvalue weighted by Crippen LogP contribution is 2.32. The Kier molecular flexibility index (Phi) is 8.34. The summed E-state index contributed by atoms with van der Waals surface area (Å²) in [6, 6.07) is 14.9. The van der Waals surface area contributed by atoms with Gasteiger partial charge in [-0.2, -0.15) is 0 Å². The molecule has 0 aromatic heterocycles. The number of hydrogen-bond acceptors (Lipinski definition) is 4. The minimum absolute atomic E-state index is 0. The van der Waals surface area contributed by atoms with Gasteiger partial charge in [-0.05, 0) is 49.0 Å². The van der Waals surface area contributed by atoms with Gasteiger partial charge >= 0.3 is 0 Å². The first-order chi connectivity index (χ1) is 13.6. The molecule has 2 heterocycles. The van der Waals surface area contributed by atoms with Crippen LogP contribution in [0.3, 0.4) is 0 Å². The van der Waals surface area contributed by atoms with E-state index in [9.17, 15) is 14.9 Å². The molecule has 1 fully saturated rings. The Morgan fingerprint density at radius 3 is 2.53 bits per heavy atom. The number of amides is 1. The van der Waals surface area contributed by atoms with Crippen LogP contribution in [0.15, 0.2) is 48.5 Å². The fraction of sp³-hybridized carbons (Fsp3) is 0.409. The number of nitro groups is 1. The van der Waals surface area contributed by atoms with Crippen LogP contribution in [0.4, 0.5) is 5.69 Å². The van der Waals surface area contributed by atoms with Gasteiger partial charge in [-0.3, -0.25) is 14.9 Å². The molecule has 1 unspecified atom stereocenters. The van der Waals surface area contributed by atoms with Gasteiger partial charge in [0.2, 0.25) is 5.91 Å². The second-order valence-corrected chi connectivity index (χ2v) is 7.66. The molecule has 0 aliphatic carbocycles. The standard InChI is InChI=1S/C22H25N3O3.ClH.H2O/c26-22(15-17-6-5-8-19(14-17)25(27)28)24-13-10-18-7-1-2-9-20(18)21(24)16-23-11-3-4-12-23;;/h1-2,5-9,14,21H,3-4,10-13,15-16H2;1H;1H2. The van der Waals surface area contributed by atoms with Gasteiger partial charge in [-0.15, -0.1) is 12.4 Å². The molecule has 2 aromatic carbocycles. The largest absolute Gasteiger partial charge is 0.412 e. The summed E-state index contributed by atoms with van der Waals surface area (Å²) in [6.45, 7) is 3.73.